The van der Waals surface area contributed by atoms with Gasteiger partial charge in [-0.3, -0.25) is 0 Å². The van der Waals surface area contributed by atoms with Crippen molar-refractivity contribution in [1.29, 1.82) is 0 Å². The van der Waals surface area contributed by atoms with Gasteiger partial charge in [0.05, 0.1) is 10.0 Å². The average Bonchev–Trinajstić information content (AvgIpc) is 2.38. The second kappa shape index (κ2) is 8.31. The number of hydrogen-bond acceptors (Lipinski definition) is 2. The molecule has 1 N–H and O–H groups in total. The molecular weight excluding hydrogens is 285 g/mol. The molecule has 0 saturated heterocycles. The maximum Gasteiger partial charge on any atom is 0.0595 e. The number of nitrogens with one attached hydrogen (secondary N) is 1. The molecule has 0 radical (unpaired) electrons. The van der Waals surface area contributed by atoms with Crippen LogP contribution in [0.2, 0.25) is 10.0 Å². The van der Waals surface area contributed by atoms with E-state index in [1.54, 1.807) is 0 Å². The fraction of sp³-hybridized carbons (Fsp3) is 0.571. The molecule has 0 saturated carbocycles. The number of halogens is 2. The molecule has 0 aromatic heterocycles. The second-order valence-corrected chi connectivity index (χ2v) is 6.09. The molecule has 0 aliphatic rings. The molecule has 0 amide bonds. The van der Waals surface area contributed by atoms with Crippen molar-refractivity contribution in [3.05, 3.63) is 33.8 Å². The Morgan fingerprint density at radius 1 is 1.17 bits per heavy atom. The van der Waals surface area contributed by atoms with Gasteiger partial charge in [0, 0.05) is 17.8 Å². The number of hydrogen-bond donors (Lipinski definition) is 1. The van der Waals surface area contributed by atoms with Crippen LogP contribution in [-0.2, 0) is 0 Å². The van der Waals surface area contributed by atoms with Crippen LogP contribution in [0, 0.1) is 0 Å². The van der Waals surface area contributed by atoms with E-state index in [1.807, 2.05) is 23.9 Å². The van der Waals surface area contributed by atoms with Crippen molar-refractivity contribution in [1.82, 2.24) is 5.32 Å². The predicted molar refractivity (Wildman–Crippen MR) is 85.1 cm³/mol. The van der Waals surface area contributed by atoms with Crippen LogP contribution >= 0.6 is 35.0 Å². The highest BCUT2D eigenvalue weighted by Crippen LogP contribution is 2.27. The Morgan fingerprint density at radius 3 is 2.39 bits per heavy atom. The highest BCUT2D eigenvalue weighted by atomic mass is 35.5. The highest BCUT2D eigenvalue weighted by Gasteiger charge is 2.15. The highest BCUT2D eigenvalue weighted by molar-refractivity contribution is 7.98. The summed E-state index contributed by atoms with van der Waals surface area (Å²) in [6, 6.07) is 6.79. The van der Waals surface area contributed by atoms with Gasteiger partial charge in [-0.25, -0.2) is 0 Å². The Labute approximate surface area is 125 Å². The van der Waals surface area contributed by atoms with Crippen LogP contribution in [0.25, 0.3) is 0 Å². The first kappa shape index (κ1) is 16.2. The summed E-state index contributed by atoms with van der Waals surface area (Å²) in [4.78, 5) is 0. The molecule has 2 atom stereocenters. The Kier molecular flexibility index (Phi) is 7.47. The molecule has 0 heterocycles. The molecule has 0 aliphatic carbocycles. The lowest BCUT2D eigenvalue weighted by Gasteiger charge is -2.24. The summed E-state index contributed by atoms with van der Waals surface area (Å²) in [5, 5.41) is 4.94. The first-order valence-corrected chi connectivity index (χ1v) is 8.47. The number of benzene rings is 1. The topological polar surface area (TPSA) is 12.0 Å². The fourth-order valence-electron chi connectivity index (χ4n) is 1.95. The molecule has 1 aromatic carbocycles. The van der Waals surface area contributed by atoms with E-state index in [2.05, 4.69) is 31.5 Å². The normalized spacial score (nSPS) is 14.5. The molecule has 1 nitrogen and oxygen atoms in total. The standard InChI is InChI=1S/C14H21Cl2NS/c1-4-11(9-18-3)17-14(5-2)10-6-7-12(15)13(16)8-10/h6-8,11,14,17H,4-5,9H2,1-3H3. The van der Waals surface area contributed by atoms with E-state index in [-0.39, 0.29) is 0 Å². The summed E-state index contributed by atoms with van der Waals surface area (Å²) >= 11 is 13.9. The van der Waals surface area contributed by atoms with Crippen LogP contribution in [0.15, 0.2) is 18.2 Å². The minimum absolute atomic E-state index is 0.344. The van der Waals surface area contributed by atoms with E-state index in [0.29, 0.717) is 22.1 Å². The van der Waals surface area contributed by atoms with Crippen molar-refractivity contribution >= 4 is 35.0 Å². The predicted octanol–water partition coefficient (Wildman–Crippen LogP) is 5.18. The SMILES string of the molecule is CCC(CSC)NC(CC)c1ccc(Cl)c(Cl)c1. The van der Waals surface area contributed by atoms with Gasteiger partial charge in [0.15, 0.2) is 0 Å². The van der Waals surface area contributed by atoms with Crippen molar-refractivity contribution in [2.24, 2.45) is 0 Å². The van der Waals surface area contributed by atoms with Crippen LogP contribution in [0.1, 0.15) is 38.3 Å². The Hall–Kier alpha value is 0.110. The smallest absolute Gasteiger partial charge is 0.0595 e. The third kappa shape index (κ3) is 4.65. The van der Waals surface area contributed by atoms with Crippen molar-refractivity contribution in [2.75, 3.05) is 12.0 Å². The Morgan fingerprint density at radius 2 is 1.89 bits per heavy atom. The number of thioether (sulfide) groups is 1. The van der Waals surface area contributed by atoms with E-state index in [9.17, 15) is 0 Å². The van der Waals surface area contributed by atoms with Crippen molar-refractivity contribution in [2.45, 2.75) is 38.8 Å². The third-order valence-corrected chi connectivity index (χ3v) is 4.53. The van der Waals surface area contributed by atoms with Gasteiger partial charge in [0.25, 0.3) is 0 Å². The summed E-state index contributed by atoms with van der Waals surface area (Å²) in [7, 11) is 0. The average molecular weight is 306 g/mol. The van der Waals surface area contributed by atoms with Crippen molar-refractivity contribution in [3.8, 4) is 0 Å². The van der Waals surface area contributed by atoms with Gasteiger partial charge in [0.2, 0.25) is 0 Å². The summed E-state index contributed by atoms with van der Waals surface area (Å²) in [6.45, 7) is 4.40. The lowest BCUT2D eigenvalue weighted by molar-refractivity contribution is 0.442. The van der Waals surface area contributed by atoms with E-state index in [4.69, 9.17) is 23.2 Å². The van der Waals surface area contributed by atoms with Crippen LogP contribution in [0.4, 0.5) is 0 Å². The van der Waals surface area contributed by atoms with Crippen LogP contribution < -0.4 is 5.32 Å². The summed E-state index contributed by atoms with van der Waals surface area (Å²) < 4.78 is 0. The third-order valence-electron chi connectivity index (χ3n) is 3.05. The second-order valence-electron chi connectivity index (χ2n) is 4.36. The molecule has 0 aliphatic heterocycles. The van der Waals surface area contributed by atoms with E-state index in [0.717, 1.165) is 18.6 Å². The molecule has 0 fully saturated rings. The summed E-state index contributed by atoms with van der Waals surface area (Å²) in [6.07, 6.45) is 4.33. The maximum atomic E-state index is 6.08. The van der Waals surface area contributed by atoms with Crippen LogP contribution in [0.5, 0.6) is 0 Å². The molecule has 102 valence electrons. The molecule has 0 spiro atoms. The van der Waals surface area contributed by atoms with Gasteiger partial charge >= 0.3 is 0 Å². The maximum absolute atomic E-state index is 6.08. The Balaban J connectivity index is 2.78. The van der Waals surface area contributed by atoms with E-state index >= 15 is 0 Å². The van der Waals surface area contributed by atoms with Crippen molar-refractivity contribution in [3.63, 3.8) is 0 Å². The molecule has 1 aromatic rings. The molecular formula is C14H21Cl2NS. The lowest BCUT2D eigenvalue weighted by Crippen LogP contribution is -2.34. The molecule has 4 heteroatoms. The van der Waals surface area contributed by atoms with Gasteiger partial charge in [-0.15, -0.1) is 0 Å². The summed E-state index contributed by atoms with van der Waals surface area (Å²) in [5.74, 6) is 1.13. The molecule has 1 rings (SSSR count). The minimum Gasteiger partial charge on any atom is -0.306 e. The largest absolute Gasteiger partial charge is 0.306 e. The Bertz CT molecular complexity index is 371. The zero-order valence-corrected chi connectivity index (χ0v) is 13.5. The quantitative estimate of drug-likeness (QED) is 0.745. The van der Waals surface area contributed by atoms with Gasteiger partial charge in [0.1, 0.15) is 0 Å². The van der Waals surface area contributed by atoms with Crippen LogP contribution in [0.3, 0.4) is 0 Å². The fourth-order valence-corrected chi connectivity index (χ4v) is 2.99. The van der Waals surface area contributed by atoms with E-state index < -0.39 is 0 Å². The first-order chi connectivity index (χ1) is 8.62. The van der Waals surface area contributed by atoms with Gasteiger partial charge in [-0.2, -0.15) is 11.8 Å². The zero-order valence-electron chi connectivity index (χ0n) is 11.2. The first-order valence-electron chi connectivity index (χ1n) is 6.32. The number of rotatable bonds is 7. The van der Waals surface area contributed by atoms with Gasteiger partial charge < -0.3 is 5.32 Å². The monoisotopic (exact) mass is 305 g/mol. The van der Waals surface area contributed by atoms with Gasteiger partial charge in [-0.1, -0.05) is 43.1 Å². The summed E-state index contributed by atoms with van der Waals surface area (Å²) in [5.41, 5.74) is 1.21. The molecule has 0 bridgehead atoms. The molecule has 2 unspecified atom stereocenters. The van der Waals surface area contributed by atoms with Crippen LogP contribution in [-0.4, -0.2) is 18.1 Å². The minimum atomic E-state index is 0.344. The van der Waals surface area contributed by atoms with Gasteiger partial charge in [-0.05, 0) is 36.8 Å². The molecule has 18 heavy (non-hydrogen) atoms. The van der Waals surface area contributed by atoms with Crippen molar-refractivity contribution < 1.29 is 0 Å². The lowest BCUT2D eigenvalue weighted by atomic mass is 10.0. The zero-order chi connectivity index (χ0) is 13.5. The van der Waals surface area contributed by atoms with E-state index in [1.165, 1.54) is 5.56 Å².